The van der Waals surface area contributed by atoms with Crippen LogP contribution in [0.15, 0.2) is 24.3 Å². The zero-order chi connectivity index (χ0) is 13.4. The quantitative estimate of drug-likeness (QED) is 0.678. The first-order chi connectivity index (χ1) is 8.63. The molecule has 0 spiro atoms. The molecule has 0 aliphatic heterocycles. The Morgan fingerprint density at radius 1 is 1.39 bits per heavy atom. The van der Waals surface area contributed by atoms with Gasteiger partial charge in [0, 0.05) is 18.3 Å². The molecule has 0 radical (unpaired) electrons. The summed E-state index contributed by atoms with van der Waals surface area (Å²) in [6, 6.07) is 7.42. The van der Waals surface area contributed by atoms with Crippen LogP contribution in [0.3, 0.4) is 0 Å². The Bertz CT molecular complexity index is 377. The number of urea groups is 1. The van der Waals surface area contributed by atoms with Crippen LogP contribution in [0.5, 0.6) is 0 Å². The van der Waals surface area contributed by atoms with E-state index in [1.54, 1.807) is 0 Å². The minimum atomic E-state index is -0.159. The molecule has 18 heavy (non-hydrogen) atoms. The molecule has 1 unspecified atom stereocenters. The monoisotopic (exact) mass is 249 g/mol. The molecule has 1 rings (SSSR count). The van der Waals surface area contributed by atoms with E-state index in [0.717, 1.165) is 30.5 Å². The van der Waals surface area contributed by atoms with Crippen molar-refractivity contribution in [3.05, 3.63) is 29.8 Å². The number of nitrogens with two attached hydrogens (primary N) is 1. The summed E-state index contributed by atoms with van der Waals surface area (Å²) in [6.07, 6.45) is 3.31. The molecule has 1 aromatic rings. The lowest BCUT2D eigenvalue weighted by atomic mass is 10.1. The molecule has 100 valence electrons. The first-order valence-corrected chi connectivity index (χ1v) is 6.54. The van der Waals surface area contributed by atoms with Crippen LogP contribution in [-0.2, 0) is 0 Å². The van der Waals surface area contributed by atoms with Crippen LogP contribution >= 0.6 is 0 Å². The number of rotatable bonds is 6. The van der Waals surface area contributed by atoms with Crippen molar-refractivity contribution >= 4 is 11.7 Å². The molecule has 0 heterocycles. The van der Waals surface area contributed by atoms with E-state index in [1.807, 2.05) is 31.2 Å². The summed E-state index contributed by atoms with van der Waals surface area (Å²) in [5.41, 5.74) is 7.59. The summed E-state index contributed by atoms with van der Waals surface area (Å²) in [6.45, 7) is 4.77. The van der Waals surface area contributed by atoms with Crippen LogP contribution in [-0.4, -0.2) is 12.6 Å². The topological polar surface area (TPSA) is 67.2 Å². The fourth-order valence-corrected chi connectivity index (χ4v) is 1.65. The number of amides is 2. The summed E-state index contributed by atoms with van der Waals surface area (Å²) in [4.78, 5) is 11.6. The molecular weight excluding hydrogens is 226 g/mol. The molecule has 0 aromatic heterocycles. The molecule has 0 bridgehead atoms. The van der Waals surface area contributed by atoms with Gasteiger partial charge in [0.2, 0.25) is 0 Å². The van der Waals surface area contributed by atoms with E-state index in [2.05, 4.69) is 17.6 Å². The van der Waals surface area contributed by atoms with E-state index in [9.17, 15) is 4.79 Å². The maximum atomic E-state index is 11.6. The van der Waals surface area contributed by atoms with Crippen molar-refractivity contribution in [2.75, 3.05) is 11.9 Å². The van der Waals surface area contributed by atoms with Crippen molar-refractivity contribution < 1.29 is 4.79 Å². The highest BCUT2D eigenvalue weighted by Gasteiger charge is 2.03. The zero-order valence-corrected chi connectivity index (χ0v) is 11.2. The normalized spacial score (nSPS) is 11.9. The van der Waals surface area contributed by atoms with Crippen molar-refractivity contribution in [2.24, 2.45) is 5.73 Å². The first-order valence-electron chi connectivity index (χ1n) is 6.54. The van der Waals surface area contributed by atoms with Gasteiger partial charge < -0.3 is 16.4 Å². The smallest absolute Gasteiger partial charge is 0.319 e. The molecule has 1 atom stereocenters. The van der Waals surface area contributed by atoms with Crippen molar-refractivity contribution in [1.29, 1.82) is 0 Å². The Morgan fingerprint density at radius 2 is 2.17 bits per heavy atom. The van der Waals surface area contributed by atoms with E-state index in [0.29, 0.717) is 6.54 Å². The molecule has 1 aromatic carbocycles. The lowest BCUT2D eigenvalue weighted by molar-refractivity contribution is 0.252. The van der Waals surface area contributed by atoms with Gasteiger partial charge in [-0.25, -0.2) is 4.79 Å². The second kappa shape index (κ2) is 7.71. The van der Waals surface area contributed by atoms with Gasteiger partial charge in [0.05, 0.1) is 0 Å². The number of carbonyl (C=O) groups excluding carboxylic acids is 1. The fraction of sp³-hybridized carbons (Fsp3) is 0.500. The van der Waals surface area contributed by atoms with Gasteiger partial charge in [0.1, 0.15) is 0 Å². The third kappa shape index (κ3) is 5.19. The van der Waals surface area contributed by atoms with Crippen LogP contribution in [0.4, 0.5) is 10.5 Å². The molecule has 0 fully saturated rings. The van der Waals surface area contributed by atoms with E-state index in [-0.39, 0.29) is 12.1 Å². The van der Waals surface area contributed by atoms with E-state index < -0.39 is 0 Å². The van der Waals surface area contributed by atoms with Gasteiger partial charge in [-0.1, -0.05) is 31.9 Å². The zero-order valence-electron chi connectivity index (χ0n) is 11.2. The number of nitrogens with one attached hydrogen (secondary N) is 2. The van der Waals surface area contributed by atoms with Crippen LogP contribution in [0, 0.1) is 0 Å². The second-order valence-corrected chi connectivity index (χ2v) is 4.50. The van der Waals surface area contributed by atoms with Crippen molar-refractivity contribution in [1.82, 2.24) is 5.32 Å². The summed E-state index contributed by atoms with van der Waals surface area (Å²) in [7, 11) is 0. The molecule has 0 saturated carbocycles. The first kappa shape index (κ1) is 14.5. The maximum absolute atomic E-state index is 11.6. The molecule has 4 N–H and O–H groups in total. The number of hydrogen-bond donors (Lipinski definition) is 3. The minimum absolute atomic E-state index is 0.0284. The van der Waals surface area contributed by atoms with Crippen LogP contribution in [0.2, 0.25) is 0 Å². The summed E-state index contributed by atoms with van der Waals surface area (Å²) in [5, 5.41) is 5.64. The average molecular weight is 249 g/mol. The predicted octanol–water partition coefficient (Wildman–Crippen LogP) is 3.02. The molecule has 4 heteroatoms. The van der Waals surface area contributed by atoms with Crippen LogP contribution in [0.25, 0.3) is 0 Å². The van der Waals surface area contributed by atoms with Crippen molar-refractivity contribution in [3.63, 3.8) is 0 Å². The molecule has 4 nitrogen and oxygen atoms in total. The molecule has 0 aliphatic carbocycles. The number of carbonyl (C=O) groups is 1. The number of unbranched alkanes of at least 4 members (excludes halogenated alkanes) is 2. The number of hydrogen-bond acceptors (Lipinski definition) is 2. The van der Waals surface area contributed by atoms with Gasteiger partial charge in [-0.15, -0.1) is 0 Å². The van der Waals surface area contributed by atoms with Crippen LogP contribution < -0.4 is 16.4 Å². The Morgan fingerprint density at radius 3 is 2.83 bits per heavy atom. The Hall–Kier alpha value is -1.55. The summed E-state index contributed by atoms with van der Waals surface area (Å²) >= 11 is 0. The van der Waals surface area contributed by atoms with Gasteiger partial charge in [0.15, 0.2) is 0 Å². The minimum Gasteiger partial charge on any atom is -0.338 e. The Labute approximate surface area is 109 Å². The van der Waals surface area contributed by atoms with E-state index >= 15 is 0 Å². The standard InChI is InChI=1S/C14H23N3O/c1-3-4-5-9-16-14(18)17-13-8-6-7-12(10-13)11(2)15/h6-8,10-11H,3-5,9,15H2,1-2H3,(H2,16,17,18). The van der Waals surface area contributed by atoms with Crippen molar-refractivity contribution in [2.45, 2.75) is 39.2 Å². The van der Waals surface area contributed by atoms with Gasteiger partial charge >= 0.3 is 6.03 Å². The van der Waals surface area contributed by atoms with Gasteiger partial charge in [-0.2, -0.15) is 0 Å². The maximum Gasteiger partial charge on any atom is 0.319 e. The fourth-order valence-electron chi connectivity index (χ4n) is 1.65. The highest BCUT2D eigenvalue weighted by atomic mass is 16.2. The summed E-state index contributed by atoms with van der Waals surface area (Å²) in [5.74, 6) is 0. The summed E-state index contributed by atoms with van der Waals surface area (Å²) < 4.78 is 0. The lowest BCUT2D eigenvalue weighted by Gasteiger charge is -2.10. The highest BCUT2D eigenvalue weighted by molar-refractivity contribution is 5.89. The van der Waals surface area contributed by atoms with Gasteiger partial charge in [-0.3, -0.25) is 0 Å². The van der Waals surface area contributed by atoms with Crippen LogP contribution in [0.1, 0.15) is 44.7 Å². The highest BCUT2D eigenvalue weighted by Crippen LogP contribution is 2.15. The lowest BCUT2D eigenvalue weighted by Crippen LogP contribution is -2.29. The SMILES string of the molecule is CCCCCNC(=O)Nc1cccc(C(C)N)c1. The third-order valence-electron chi connectivity index (χ3n) is 2.74. The van der Waals surface area contributed by atoms with E-state index in [4.69, 9.17) is 5.73 Å². The van der Waals surface area contributed by atoms with E-state index in [1.165, 1.54) is 0 Å². The molecule has 0 aliphatic rings. The number of benzene rings is 1. The molecule has 0 saturated heterocycles. The average Bonchev–Trinajstić information content (AvgIpc) is 2.35. The van der Waals surface area contributed by atoms with Gasteiger partial charge in [-0.05, 0) is 31.0 Å². The van der Waals surface area contributed by atoms with Crippen molar-refractivity contribution in [3.8, 4) is 0 Å². The molecular formula is C14H23N3O. The third-order valence-corrected chi connectivity index (χ3v) is 2.74. The Balaban J connectivity index is 2.41. The van der Waals surface area contributed by atoms with Gasteiger partial charge in [0.25, 0.3) is 0 Å². The largest absolute Gasteiger partial charge is 0.338 e. The predicted molar refractivity (Wildman–Crippen MR) is 75.6 cm³/mol. The second-order valence-electron chi connectivity index (χ2n) is 4.50. The molecule has 2 amide bonds. The number of anilines is 1. The Kier molecular flexibility index (Phi) is 6.22.